The lowest BCUT2D eigenvalue weighted by atomic mass is 10.2. The van der Waals surface area contributed by atoms with Crippen molar-refractivity contribution in [3.05, 3.63) is 23.0 Å². The Morgan fingerprint density at radius 1 is 1.59 bits per heavy atom. The number of aryl methyl sites for hydroxylation is 1. The number of hydrogen-bond acceptors (Lipinski definition) is 2. The van der Waals surface area contributed by atoms with Crippen LogP contribution in [-0.2, 0) is 6.54 Å². The fourth-order valence-electron chi connectivity index (χ4n) is 1.57. The molecule has 1 unspecified atom stereocenters. The summed E-state index contributed by atoms with van der Waals surface area (Å²) in [6.45, 7) is 5.04. The van der Waals surface area contributed by atoms with Crippen molar-refractivity contribution in [1.82, 2.24) is 9.88 Å². The fourth-order valence-corrected chi connectivity index (χ4v) is 1.79. The number of aliphatic hydroxyl groups is 1. The van der Waals surface area contributed by atoms with Gasteiger partial charge >= 0.3 is 0 Å². The van der Waals surface area contributed by atoms with Crippen LogP contribution in [-0.4, -0.2) is 28.2 Å². The highest BCUT2D eigenvalue weighted by Gasteiger charge is 2.12. The molecule has 0 aliphatic rings. The van der Waals surface area contributed by atoms with Gasteiger partial charge in [-0.15, -0.1) is 0 Å². The molecule has 2 N–H and O–H groups in total. The van der Waals surface area contributed by atoms with Crippen LogP contribution in [0.1, 0.15) is 37.2 Å². The number of carbonyl (C=O) groups is 1. The van der Waals surface area contributed by atoms with Crippen LogP contribution in [0.2, 0.25) is 5.02 Å². The van der Waals surface area contributed by atoms with Crippen molar-refractivity contribution >= 4 is 17.5 Å². The molecule has 0 spiro atoms. The van der Waals surface area contributed by atoms with Crippen LogP contribution in [0.4, 0.5) is 0 Å². The van der Waals surface area contributed by atoms with Crippen molar-refractivity contribution in [2.24, 2.45) is 0 Å². The maximum absolute atomic E-state index is 11.8. The first-order valence-corrected chi connectivity index (χ1v) is 6.28. The minimum absolute atomic E-state index is 0.151. The average Bonchev–Trinajstić information content (AvgIpc) is 2.70. The van der Waals surface area contributed by atoms with Crippen LogP contribution in [0.15, 0.2) is 12.3 Å². The largest absolute Gasteiger partial charge is 0.393 e. The number of nitrogens with zero attached hydrogens (tertiary/aromatic N) is 1. The van der Waals surface area contributed by atoms with Gasteiger partial charge in [0.15, 0.2) is 0 Å². The Labute approximate surface area is 107 Å². The van der Waals surface area contributed by atoms with E-state index in [1.54, 1.807) is 16.8 Å². The van der Waals surface area contributed by atoms with E-state index in [0.717, 1.165) is 0 Å². The normalized spacial score (nSPS) is 12.5. The van der Waals surface area contributed by atoms with E-state index in [9.17, 15) is 9.90 Å². The Morgan fingerprint density at radius 3 is 2.88 bits per heavy atom. The summed E-state index contributed by atoms with van der Waals surface area (Å²) in [5.41, 5.74) is 0.559. The van der Waals surface area contributed by atoms with E-state index >= 15 is 0 Å². The molecule has 1 heterocycles. The zero-order chi connectivity index (χ0) is 12.8. The van der Waals surface area contributed by atoms with Gasteiger partial charge in [-0.2, -0.15) is 0 Å². The monoisotopic (exact) mass is 258 g/mol. The molecule has 96 valence electrons. The molecule has 0 saturated carbocycles. The van der Waals surface area contributed by atoms with Crippen molar-refractivity contribution in [3.63, 3.8) is 0 Å². The molecule has 1 atom stereocenters. The van der Waals surface area contributed by atoms with Crippen LogP contribution in [0.3, 0.4) is 0 Å². The lowest BCUT2D eigenvalue weighted by molar-refractivity contribution is 0.0933. The lowest BCUT2D eigenvalue weighted by Gasteiger charge is -2.10. The summed E-state index contributed by atoms with van der Waals surface area (Å²) in [6.07, 6.45) is 2.66. The van der Waals surface area contributed by atoms with Gasteiger partial charge in [0, 0.05) is 19.3 Å². The zero-order valence-electron chi connectivity index (χ0n) is 10.2. The Hall–Kier alpha value is -1.00. The second-order valence-electron chi connectivity index (χ2n) is 3.94. The second kappa shape index (κ2) is 6.67. The van der Waals surface area contributed by atoms with Crippen molar-refractivity contribution in [3.8, 4) is 0 Å². The van der Waals surface area contributed by atoms with Crippen molar-refractivity contribution in [2.75, 3.05) is 6.54 Å². The lowest BCUT2D eigenvalue weighted by Crippen LogP contribution is -2.28. The predicted octanol–water partition coefficient (Wildman–Crippen LogP) is 2.05. The summed E-state index contributed by atoms with van der Waals surface area (Å²) in [6, 6.07) is 1.65. The van der Waals surface area contributed by atoms with Gasteiger partial charge in [-0.1, -0.05) is 18.5 Å². The fraction of sp³-hybridized carbons (Fsp3) is 0.583. The summed E-state index contributed by atoms with van der Waals surface area (Å²) in [4.78, 5) is 11.8. The molecule has 1 aromatic rings. The molecule has 1 rings (SSSR count). The number of halogens is 1. The molecular formula is C12H19ClN2O2. The first-order chi connectivity index (χ1) is 8.08. The summed E-state index contributed by atoms with van der Waals surface area (Å²) >= 11 is 5.85. The number of carbonyl (C=O) groups excluding carboxylic acids is 1. The van der Waals surface area contributed by atoms with Crippen LogP contribution >= 0.6 is 11.6 Å². The molecule has 0 saturated heterocycles. The summed E-state index contributed by atoms with van der Waals surface area (Å²) in [7, 11) is 0. The van der Waals surface area contributed by atoms with Crippen molar-refractivity contribution < 1.29 is 9.90 Å². The van der Waals surface area contributed by atoms with Gasteiger partial charge in [0.1, 0.15) is 5.69 Å². The highest BCUT2D eigenvalue weighted by atomic mass is 35.5. The molecule has 0 radical (unpaired) electrons. The standard InChI is InChI=1S/C12H19ClN2O2/c1-3-10(16)5-6-14-12(17)11-7-9(13)8-15(11)4-2/h7-8,10,16H,3-6H2,1-2H3,(H,14,17). The minimum atomic E-state index is -0.350. The highest BCUT2D eigenvalue weighted by Crippen LogP contribution is 2.14. The predicted molar refractivity (Wildman–Crippen MR) is 68.4 cm³/mol. The van der Waals surface area contributed by atoms with Gasteiger partial charge in [-0.3, -0.25) is 4.79 Å². The number of rotatable bonds is 6. The molecule has 0 aromatic carbocycles. The van der Waals surface area contributed by atoms with Gasteiger partial charge in [-0.05, 0) is 25.8 Å². The molecule has 1 aromatic heterocycles. The van der Waals surface area contributed by atoms with E-state index in [1.807, 2.05) is 13.8 Å². The van der Waals surface area contributed by atoms with Crippen molar-refractivity contribution in [1.29, 1.82) is 0 Å². The quantitative estimate of drug-likeness (QED) is 0.821. The maximum atomic E-state index is 11.8. The first-order valence-electron chi connectivity index (χ1n) is 5.90. The molecule has 4 nitrogen and oxygen atoms in total. The third-order valence-corrected chi connectivity index (χ3v) is 2.88. The molecule has 1 amide bonds. The number of aromatic nitrogens is 1. The topological polar surface area (TPSA) is 54.3 Å². The Bertz CT molecular complexity index is 377. The number of amides is 1. The van der Waals surface area contributed by atoms with Gasteiger partial charge in [0.25, 0.3) is 5.91 Å². The van der Waals surface area contributed by atoms with Crippen LogP contribution in [0.5, 0.6) is 0 Å². The third-order valence-electron chi connectivity index (χ3n) is 2.67. The van der Waals surface area contributed by atoms with Gasteiger partial charge in [0.05, 0.1) is 11.1 Å². The maximum Gasteiger partial charge on any atom is 0.267 e. The third kappa shape index (κ3) is 4.06. The van der Waals surface area contributed by atoms with Gasteiger partial charge in [-0.25, -0.2) is 0 Å². The van der Waals surface area contributed by atoms with Gasteiger partial charge in [0.2, 0.25) is 0 Å². The van der Waals surface area contributed by atoms with E-state index in [2.05, 4.69) is 5.32 Å². The minimum Gasteiger partial charge on any atom is -0.393 e. The number of nitrogens with one attached hydrogen (secondary N) is 1. The molecule has 17 heavy (non-hydrogen) atoms. The molecule has 0 fully saturated rings. The number of aliphatic hydroxyl groups excluding tert-OH is 1. The summed E-state index contributed by atoms with van der Waals surface area (Å²) in [5, 5.41) is 12.7. The van der Waals surface area contributed by atoms with Crippen LogP contribution in [0.25, 0.3) is 0 Å². The Balaban J connectivity index is 2.52. The van der Waals surface area contributed by atoms with E-state index in [-0.39, 0.29) is 12.0 Å². The van der Waals surface area contributed by atoms with E-state index in [1.165, 1.54) is 0 Å². The van der Waals surface area contributed by atoms with E-state index < -0.39 is 0 Å². The van der Waals surface area contributed by atoms with Crippen molar-refractivity contribution in [2.45, 2.75) is 39.3 Å². The second-order valence-corrected chi connectivity index (χ2v) is 4.37. The Kier molecular flexibility index (Phi) is 5.51. The molecule has 0 aliphatic carbocycles. The average molecular weight is 259 g/mol. The van der Waals surface area contributed by atoms with Crippen LogP contribution in [0, 0.1) is 0 Å². The van der Waals surface area contributed by atoms with Crippen LogP contribution < -0.4 is 5.32 Å². The summed E-state index contributed by atoms with van der Waals surface area (Å²) in [5.74, 6) is -0.151. The molecular weight excluding hydrogens is 240 g/mol. The highest BCUT2D eigenvalue weighted by molar-refractivity contribution is 6.31. The van der Waals surface area contributed by atoms with E-state index in [0.29, 0.717) is 36.6 Å². The molecule has 0 aliphatic heterocycles. The van der Waals surface area contributed by atoms with E-state index in [4.69, 9.17) is 11.6 Å². The number of hydrogen-bond donors (Lipinski definition) is 2. The molecule has 0 bridgehead atoms. The SMILES string of the molecule is CCC(O)CCNC(=O)c1cc(Cl)cn1CC. The van der Waals surface area contributed by atoms with Gasteiger partial charge < -0.3 is 15.0 Å². The Morgan fingerprint density at radius 2 is 2.29 bits per heavy atom. The summed E-state index contributed by atoms with van der Waals surface area (Å²) < 4.78 is 1.80. The zero-order valence-corrected chi connectivity index (χ0v) is 11.0. The smallest absolute Gasteiger partial charge is 0.267 e. The molecule has 5 heteroatoms. The first kappa shape index (κ1) is 14.1.